The van der Waals surface area contributed by atoms with E-state index in [0.29, 0.717) is 6.54 Å². The molecule has 0 unspecified atom stereocenters. The number of halogens is 3. The Kier molecular flexibility index (Phi) is 6.26. The Hall–Kier alpha value is -2.54. The Morgan fingerprint density at radius 3 is 2.38 bits per heavy atom. The lowest BCUT2D eigenvalue weighted by molar-refractivity contribution is -0.140. The molecule has 0 saturated heterocycles. The van der Waals surface area contributed by atoms with E-state index in [1.54, 1.807) is 13.8 Å². The van der Waals surface area contributed by atoms with E-state index in [4.69, 9.17) is 4.74 Å². The molecule has 2 aromatic rings. The molecule has 0 aliphatic heterocycles. The van der Waals surface area contributed by atoms with Crippen LogP contribution in [-0.4, -0.2) is 17.6 Å². The third kappa shape index (κ3) is 4.76. The predicted octanol–water partition coefficient (Wildman–Crippen LogP) is 4.38. The minimum absolute atomic E-state index is 0.186. The summed E-state index contributed by atoms with van der Waals surface area (Å²) in [4.78, 5) is 12.0. The number of aromatic hydroxyl groups is 1. The SMILES string of the molecule is CC(C)C(=O)c1ccc(OCNCc2ccccc2)c(C(F)(F)F)c1O. The number of nitrogens with one attached hydrogen (secondary N) is 1. The first-order chi connectivity index (χ1) is 12.2. The topological polar surface area (TPSA) is 58.6 Å². The first kappa shape index (κ1) is 19.8. The number of benzene rings is 2. The molecule has 0 heterocycles. The number of alkyl halides is 3. The van der Waals surface area contributed by atoms with Crippen molar-refractivity contribution >= 4 is 5.78 Å². The highest BCUT2D eigenvalue weighted by atomic mass is 19.4. The molecule has 2 rings (SSSR count). The van der Waals surface area contributed by atoms with Gasteiger partial charge in [-0.1, -0.05) is 44.2 Å². The van der Waals surface area contributed by atoms with Gasteiger partial charge in [0.2, 0.25) is 0 Å². The van der Waals surface area contributed by atoms with Gasteiger partial charge in [-0.05, 0) is 17.7 Å². The van der Waals surface area contributed by atoms with Crippen molar-refractivity contribution in [2.24, 2.45) is 5.92 Å². The van der Waals surface area contributed by atoms with Crippen LogP contribution in [-0.2, 0) is 12.7 Å². The molecule has 7 heteroatoms. The van der Waals surface area contributed by atoms with Gasteiger partial charge in [-0.2, -0.15) is 13.2 Å². The van der Waals surface area contributed by atoms with Crippen LogP contribution in [0, 0.1) is 5.92 Å². The average molecular weight is 367 g/mol. The van der Waals surface area contributed by atoms with Gasteiger partial charge in [0.1, 0.15) is 23.8 Å². The van der Waals surface area contributed by atoms with Crippen LogP contribution in [0.4, 0.5) is 13.2 Å². The molecule has 140 valence electrons. The number of carbonyl (C=O) groups is 1. The molecule has 26 heavy (non-hydrogen) atoms. The van der Waals surface area contributed by atoms with E-state index >= 15 is 0 Å². The average Bonchev–Trinajstić information content (AvgIpc) is 2.58. The molecule has 0 amide bonds. The zero-order valence-corrected chi connectivity index (χ0v) is 14.4. The van der Waals surface area contributed by atoms with Gasteiger partial charge in [0.15, 0.2) is 5.78 Å². The standard InChI is InChI=1S/C19H20F3NO3/c1-12(2)17(24)14-8-9-15(16(18(14)25)19(20,21)22)26-11-23-10-13-6-4-3-5-7-13/h3-9,12,23,25H,10-11H2,1-2H3. The summed E-state index contributed by atoms with van der Waals surface area (Å²) in [7, 11) is 0. The highest BCUT2D eigenvalue weighted by Gasteiger charge is 2.39. The molecule has 0 aliphatic carbocycles. The van der Waals surface area contributed by atoms with E-state index in [1.807, 2.05) is 30.3 Å². The molecule has 2 N–H and O–H groups in total. The molecule has 0 aromatic heterocycles. The summed E-state index contributed by atoms with van der Waals surface area (Å²) in [6, 6.07) is 11.5. The van der Waals surface area contributed by atoms with Crippen LogP contribution >= 0.6 is 0 Å². The molecule has 0 atom stereocenters. The third-order valence-electron chi connectivity index (χ3n) is 3.71. The molecule has 0 saturated carbocycles. The second-order valence-electron chi connectivity index (χ2n) is 6.05. The van der Waals surface area contributed by atoms with Crippen LogP contribution < -0.4 is 10.1 Å². The Labute approximate surface area is 149 Å². The molecular weight excluding hydrogens is 347 g/mol. The van der Waals surface area contributed by atoms with Crippen LogP contribution in [0.15, 0.2) is 42.5 Å². The second kappa shape index (κ2) is 8.23. The van der Waals surface area contributed by atoms with Crippen LogP contribution in [0.5, 0.6) is 11.5 Å². The van der Waals surface area contributed by atoms with Crippen LogP contribution in [0.1, 0.15) is 35.3 Å². The van der Waals surface area contributed by atoms with Gasteiger partial charge in [0.25, 0.3) is 0 Å². The lowest BCUT2D eigenvalue weighted by Gasteiger charge is -2.18. The second-order valence-corrected chi connectivity index (χ2v) is 6.05. The Bertz CT molecular complexity index is 759. The number of ketones is 1. The fourth-order valence-corrected chi connectivity index (χ4v) is 2.40. The van der Waals surface area contributed by atoms with E-state index in [-0.39, 0.29) is 12.3 Å². The maximum atomic E-state index is 13.4. The number of hydrogen-bond acceptors (Lipinski definition) is 4. The van der Waals surface area contributed by atoms with Gasteiger partial charge >= 0.3 is 6.18 Å². The number of carbonyl (C=O) groups excluding carboxylic acids is 1. The largest absolute Gasteiger partial charge is 0.506 e. The van der Waals surface area contributed by atoms with Crippen molar-refractivity contribution in [3.05, 3.63) is 59.2 Å². The number of phenols is 1. The highest BCUT2D eigenvalue weighted by molar-refractivity contribution is 6.00. The van der Waals surface area contributed by atoms with Crippen molar-refractivity contribution in [3.8, 4) is 11.5 Å². The van der Waals surface area contributed by atoms with E-state index in [9.17, 15) is 23.1 Å². The fraction of sp³-hybridized carbons (Fsp3) is 0.316. The van der Waals surface area contributed by atoms with Crippen molar-refractivity contribution in [1.82, 2.24) is 5.32 Å². The van der Waals surface area contributed by atoms with Gasteiger partial charge in [-0.3, -0.25) is 10.1 Å². The van der Waals surface area contributed by atoms with Crippen LogP contribution in [0.25, 0.3) is 0 Å². The van der Waals surface area contributed by atoms with Gasteiger partial charge in [0, 0.05) is 12.5 Å². The fourth-order valence-electron chi connectivity index (χ4n) is 2.40. The van der Waals surface area contributed by atoms with Crippen molar-refractivity contribution in [2.75, 3.05) is 6.73 Å². The first-order valence-corrected chi connectivity index (χ1v) is 8.06. The molecule has 0 fully saturated rings. The lowest BCUT2D eigenvalue weighted by atomic mass is 9.97. The summed E-state index contributed by atoms with van der Waals surface area (Å²) in [5.74, 6) is -2.74. The quantitative estimate of drug-likeness (QED) is 0.433. The molecule has 4 nitrogen and oxygen atoms in total. The van der Waals surface area contributed by atoms with Crippen molar-refractivity contribution in [2.45, 2.75) is 26.6 Å². The monoisotopic (exact) mass is 367 g/mol. The van der Waals surface area contributed by atoms with Crippen LogP contribution in [0.3, 0.4) is 0 Å². The normalized spacial score (nSPS) is 11.6. The number of ether oxygens (including phenoxy) is 1. The Balaban J connectivity index is 2.17. The summed E-state index contributed by atoms with van der Waals surface area (Å²) < 4.78 is 45.2. The minimum atomic E-state index is -4.86. The van der Waals surface area contributed by atoms with E-state index in [2.05, 4.69) is 5.32 Å². The van der Waals surface area contributed by atoms with Gasteiger partial charge in [-0.25, -0.2) is 0 Å². The summed E-state index contributed by atoms with van der Waals surface area (Å²) in [5, 5.41) is 12.9. The summed E-state index contributed by atoms with van der Waals surface area (Å²) in [6.45, 7) is 3.33. The number of rotatable bonds is 7. The van der Waals surface area contributed by atoms with E-state index in [1.165, 1.54) is 0 Å². The molecule has 0 radical (unpaired) electrons. The first-order valence-electron chi connectivity index (χ1n) is 8.06. The predicted molar refractivity (Wildman–Crippen MR) is 91.1 cm³/mol. The van der Waals surface area contributed by atoms with Gasteiger partial charge in [0.05, 0.1) is 5.56 Å². The highest BCUT2D eigenvalue weighted by Crippen LogP contribution is 2.44. The molecule has 0 aliphatic rings. The molecular formula is C19H20F3NO3. The van der Waals surface area contributed by atoms with Crippen molar-refractivity contribution in [3.63, 3.8) is 0 Å². The summed E-state index contributed by atoms with van der Waals surface area (Å²) in [5.41, 5.74) is -0.754. The minimum Gasteiger partial charge on any atom is -0.506 e. The number of hydrogen-bond donors (Lipinski definition) is 2. The smallest absolute Gasteiger partial charge is 0.423 e. The number of Topliss-reactive ketones (excluding diaryl/α,β-unsaturated/α-hetero) is 1. The Morgan fingerprint density at radius 2 is 1.81 bits per heavy atom. The Morgan fingerprint density at radius 1 is 1.15 bits per heavy atom. The molecule has 0 bridgehead atoms. The summed E-state index contributed by atoms with van der Waals surface area (Å²) in [6.07, 6.45) is -4.86. The lowest BCUT2D eigenvalue weighted by Crippen LogP contribution is -2.21. The zero-order chi connectivity index (χ0) is 19.3. The van der Waals surface area contributed by atoms with Crippen molar-refractivity contribution < 1.29 is 27.8 Å². The van der Waals surface area contributed by atoms with Gasteiger partial charge < -0.3 is 9.84 Å². The summed E-state index contributed by atoms with van der Waals surface area (Å²) >= 11 is 0. The van der Waals surface area contributed by atoms with E-state index < -0.39 is 34.9 Å². The third-order valence-corrected chi connectivity index (χ3v) is 3.71. The van der Waals surface area contributed by atoms with Crippen LogP contribution in [0.2, 0.25) is 0 Å². The zero-order valence-electron chi connectivity index (χ0n) is 14.4. The van der Waals surface area contributed by atoms with Crippen molar-refractivity contribution in [1.29, 1.82) is 0 Å². The van der Waals surface area contributed by atoms with E-state index in [0.717, 1.165) is 17.7 Å². The molecule has 2 aromatic carbocycles. The molecule has 0 spiro atoms. The number of phenolic OH excluding ortho intramolecular Hbond substituents is 1. The van der Waals surface area contributed by atoms with Gasteiger partial charge in [-0.15, -0.1) is 0 Å². The maximum Gasteiger partial charge on any atom is 0.423 e. The maximum absolute atomic E-state index is 13.4.